The van der Waals surface area contributed by atoms with Crippen LogP contribution in [0.15, 0.2) is 36.5 Å². The van der Waals surface area contributed by atoms with E-state index in [0.29, 0.717) is 18.0 Å². The number of nitrogens with zero attached hydrogens (tertiary/aromatic N) is 1. The molecule has 0 spiro atoms. The Labute approximate surface area is 110 Å². The fourth-order valence-corrected chi connectivity index (χ4v) is 2.00. The number of anilines is 2. The summed E-state index contributed by atoms with van der Waals surface area (Å²) in [6.07, 6.45) is 2.34. The van der Waals surface area contributed by atoms with Crippen molar-refractivity contribution in [1.29, 1.82) is 0 Å². The van der Waals surface area contributed by atoms with Crippen molar-refractivity contribution in [2.24, 2.45) is 0 Å². The summed E-state index contributed by atoms with van der Waals surface area (Å²) in [5.41, 5.74) is 8.26. The molecule has 0 radical (unpaired) electrons. The lowest BCUT2D eigenvalue weighted by Crippen LogP contribution is -2.13. The molecule has 1 aromatic carbocycles. The molecule has 2 heterocycles. The molecule has 0 unspecified atom stereocenters. The van der Waals surface area contributed by atoms with Crippen LogP contribution in [0.4, 0.5) is 11.4 Å². The van der Waals surface area contributed by atoms with Gasteiger partial charge in [0.2, 0.25) is 0 Å². The largest absolute Gasteiger partial charge is 0.493 e. The van der Waals surface area contributed by atoms with Crippen LogP contribution in [0.1, 0.15) is 16.1 Å². The van der Waals surface area contributed by atoms with E-state index in [2.05, 4.69) is 10.3 Å². The minimum atomic E-state index is -0.251. The van der Waals surface area contributed by atoms with Gasteiger partial charge in [0.25, 0.3) is 5.91 Å². The van der Waals surface area contributed by atoms with Gasteiger partial charge in [-0.3, -0.25) is 4.79 Å². The SMILES string of the molecule is Nc1ccc(C(=O)Nc2ccc3c(c2)CCO3)nc1. The van der Waals surface area contributed by atoms with Crippen LogP contribution < -0.4 is 15.8 Å². The molecular weight excluding hydrogens is 242 g/mol. The summed E-state index contributed by atoms with van der Waals surface area (Å²) in [6.45, 7) is 0.701. The van der Waals surface area contributed by atoms with Gasteiger partial charge in [0.1, 0.15) is 11.4 Å². The maximum atomic E-state index is 12.0. The summed E-state index contributed by atoms with van der Waals surface area (Å²) >= 11 is 0. The number of rotatable bonds is 2. The first-order valence-electron chi connectivity index (χ1n) is 6.01. The molecule has 19 heavy (non-hydrogen) atoms. The zero-order valence-electron chi connectivity index (χ0n) is 10.2. The number of amides is 1. The summed E-state index contributed by atoms with van der Waals surface area (Å²) in [4.78, 5) is 16.0. The summed E-state index contributed by atoms with van der Waals surface area (Å²) in [5, 5.41) is 2.81. The molecule has 2 aromatic rings. The minimum Gasteiger partial charge on any atom is -0.493 e. The van der Waals surface area contributed by atoms with E-state index in [1.165, 1.54) is 6.20 Å². The number of benzene rings is 1. The molecule has 0 bridgehead atoms. The van der Waals surface area contributed by atoms with E-state index in [4.69, 9.17) is 10.5 Å². The van der Waals surface area contributed by atoms with Crippen LogP contribution in [0.2, 0.25) is 0 Å². The van der Waals surface area contributed by atoms with Crippen molar-refractivity contribution < 1.29 is 9.53 Å². The fourth-order valence-electron chi connectivity index (χ4n) is 2.00. The van der Waals surface area contributed by atoms with Crippen molar-refractivity contribution in [3.63, 3.8) is 0 Å². The molecule has 1 amide bonds. The highest BCUT2D eigenvalue weighted by Crippen LogP contribution is 2.27. The Kier molecular flexibility index (Phi) is 2.79. The number of carbonyl (C=O) groups is 1. The molecule has 1 aromatic heterocycles. The summed E-state index contributed by atoms with van der Waals surface area (Å²) in [5.74, 6) is 0.641. The summed E-state index contributed by atoms with van der Waals surface area (Å²) in [7, 11) is 0. The third-order valence-electron chi connectivity index (χ3n) is 2.97. The first-order valence-corrected chi connectivity index (χ1v) is 6.01. The maximum Gasteiger partial charge on any atom is 0.274 e. The third kappa shape index (κ3) is 2.35. The summed E-state index contributed by atoms with van der Waals surface area (Å²) < 4.78 is 5.42. The van der Waals surface area contributed by atoms with Gasteiger partial charge in [-0.15, -0.1) is 0 Å². The highest BCUT2D eigenvalue weighted by molar-refractivity contribution is 6.03. The number of aromatic nitrogens is 1. The normalized spacial score (nSPS) is 12.6. The van der Waals surface area contributed by atoms with Crippen LogP contribution in [0, 0.1) is 0 Å². The van der Waals surface area contributed by atoms with Gasteiger partial charge in [-0.05, 0) is 35.9 Å². The zero-order chi connectivity index (χ0) is 13.2. The van der Waals surface area contributed by atoms with Gasteiger partial charge >= 0.3 is 0 Å². The topological polar surface area (TPSA) is 77.2 Å². The molecular formula is C14H13N3O2. The highest BCUT2D eigenvalue weighted by Gasteiger charge is 2.13. The second-order valence-electron chi connectivity index (χ2n) is 4.35. The molecule has 3 N–H and O–H groups in total. The van der Waals surface area contributed by atoms with Crippen molar-refractivity contribution in [2.75, 3.05) is 17.7 Å². The number of carbonyl (C=O) groups excluding carboxylic acids is 1. The molecule has 0 aliphatic carbocycles. The van der Waals surface area contributed by atoms with E-state index in [1.807, 2.05) is 18.2 Å². The van der Waals surface area contributed by atoms with Crippen LogP contribution in [0.25, 0.3) is 0 Å². The first-order chi connectivity index (χ1) is 9.22. The quantitative estimate of drug-likeness (QED) is 0.858. The Bertz CT molecular complexity index is 623. The van der Waals surface area contributed by atoms with Crippen LogP contribution >= 0.6 is 0 Å². The first kappa shape index (κ1) is 11.5. The number of nitrogens with two attached hydrogens (primary N) is 1. The fraction of sp³-hybridized carbons (Fsp3) is 0.143. The zero-order valence-corrected chi connectivity index (χ0v) is 10.2. The highest BCUT2D eigenvalue weighted by atomic mass is 16.5. The Morgan fingerprint density at radius 2 is 2.21 bits per heavy atom. The van der Waals surface area contributed by atoms with Crippen LogP contribution in [0.3, 0.4) is 0 Å². The molecule has 5 nitrogen and oxygen atoms in total. The lowest BCUT2D eigenvalue weighted by molar-refractivity contribution is 0.102. The van der Waals surface area contributed by atoms with Gasteiger partial charge in [0.15, 0.2) is 0 Å². The van der Waals surface area contributed by atoms with Crippen molar-refractivity contribution >= 4 is 17.3 Å². The van der Waals surface area contributed by atoms with Crippen LogP contribution in [0.5, 0.6) is 5.75 Å². The Hall–Kier alpha value is -2.56. The molecule has 5 heteroatoms. The molecule has 0 atom stereocenters. The van der Waals surface area contributed by atoms with Crippen molar-refractivity contribution in [3.8, 4) is 5.75 Å². The van der Waals surface area contributed by atoms with Gasteiger partial charge in [-0.2, -0.15) is 0 Å². The molecule has 1 aliphatic heterocycles. The van der Waals surface area contributed by atoms with E-state index in [-0.39, 0.29) is 5.91 Å². The number of ether oxygens (including phenoxy) is 1. The van der Waals surface area contributed by atoms with E-state index in [1.54, 1.807) is 12.1 Å². The predicted octanol–water partition coefficient (Wildman–Crippen LogP) is 1.85. The predicted molar refractivity (Wildman–Crippen MR) is 72.2 cm³/mol. The minimum absolute atomic E-state index is 0.251. The number of hydrogen-bond donors (Lipinski definition) is 2. The van der Waals surface area contributed by atoms with Gasteiger partial charge in [0, 0.05) is 12.1 Å². The standard InChI is InChI=1S/C14H13N3O2/c15-10-1-3-12(16-8-10)14(18)17-11-2-4-13-9(7-11)5-6-19-13/h1-4,7-8H,5-6,15H2,(H,17,18). The molecule has 96 valence electrons. The average Bonchev–Trinajstić information content (AvgIpc) is 2.87. The van der Waals surface area contributed by atoms with Crippen LogP contribution in [-0.2, 0) is 6.42 Å². The molecule has 0 fully saturated rings. The summed E-state index contributed by atoms with van der Waals surface area (Å²) in [6, 6.07) is 8.87. The number of nitrogen functional groups attached to an aromatic ring is 1. The number of fused-ring (bicyclic) bond motifs is 1. The van der Waals surface area contributed by atoms with E-state index in [9.17, 15) is 4.79 Å². The Morgan fingerprint density at radius 3 is 3.00 bits per heavy atom. The molecule has 0 saturated carbocycles. The molecule has 0 saturated heterocycles. The van der Waals surface area contributed by atoms with E-state index >= 15 is 0 Å². The third-order valence-corrected chi connectivity index (χ3v) is 2.97. The van der Waals surface area contributed by atoms with Gasteiger partial charge in [-0.1, -0.05) is 0 Å². The number of hydrogen-bond acceptors (Lipinski definition) is 4. The lowest BCUT2D eigenvalue weighted by atomic mass is 10.1. The second kappa shape index (κ2) is 4.61. The average molecular weight is 255 g/mol. The van der Waals surface area contributed by atoms with Crippen molar-refractivity contribution in [1.82, 2.24) is 4.98 Å². The van der Waals surface area contributed by atoms with E-state index < -0.39 is 0 Å². The monoisotopic (exact) mass is 255 g/mol. The van der Waals surface area contributed by atoms with E-state index in [0.717, 1.165) is 23.4 Å². The second-order valence-corrected chi connectivity index (χ2v) is 4.35. The van der Waals surface area contributed by atoms with Crippen LogP contribution in [-0.4, -0.2) is 17.5 Å². The Morgan fingerprint density at radius 1 is 1.32 bits per heavy atom. The van der Waals surface area contributed by atoms with Gasteiger partial charge < -0.3 is 15.8 Å². The Balaban J connectivity index is 1.77. The van der Waals surface area contributed by atoms with Crippen molar-refractivity contribution in [3.05, 3.63) is 47.8 Å². The van der Waals surface area contributed by atoms with Crippen molar-refractivity contribution in [2.45, 2.75) is 6.42 Å². The number of nitrogens with one attached hydrogen (secondary N) is 1. The lowest BCUT2D eigenvalue weighted by Gasteiger charge is -2.06. The molecule has 3 rings (SSSR count). The van der Waals surface area contributed by atoms with Gasteiger partial charge in [-0.25, -0.2) is 4.98 Å². The van der Waals surface area contributed by atoms with Gasteiger partial charge in [0.05, 0.1) is 18.5 Å². The maximum absolute atomic E-state index is 12.0. The number of pyridine rings is 1. The molecule has 1 aliphatic rings. The smallest absolute Gasteiger partial charge is 0.274 e.